The van der Waals surface area contributed by atoms with E-state index in [0.29, 0.717) is 12.1 Å². The number of nitrogens with zero attached hydrogens (tertiary/aromatic N) is 2. The third-order valence-corrected chi connectivity index (χ3v) is 6.44. The van der Waals surface area contributed by atoms with Crippen molar-refractivity contribution >= 4 is 33.2 Å². The number of ether oxygens (including phenoxy) is 2. The first-order valence-electron chi connectivity index (χ1n) is 9.26. The minimum Gasteiger partial charge on any atom is -0.493 e. The zero-order valence-corrected chi connectivity index (χ0v) is 19.5. The topological polar surface area (TPSA) is 88.2 Å². The largest absolute Gasteiger partial charge is 0.493 e. The molecule has 0 fully saturated rings. The highest BCUT2D eigenvalue weighted by Crippen LogP contribution is 2.30. The number of likely N-dealkylation sites (N-methyl/N-ethyl adjacent to an activating group) is 1. The Bertz CT molecular complexity index is 1070. The van der Waals surface area contributed by atoms with E-state index >= 15 is 0 Å². The summed E-state index contributed by atoms with van der Waals surface area (Å²) in [4.78, 5) is 14.1. The summed E-state index contributed by atoms with van der Waals surface area (Å²) < 4.78 is 60.0. The molecule has 1 amide bonds. The van der Waals surface area contributed by atoms with E-state index in [4.69, 9.17) is 16.3 Å². The first-order chi connectivity index (χ1) is 14.9. The Kier molecular flexibility index (Phi) is 8.79. The summed E-state index contributed by atoms with van der Waals surface area (Å²) in [6.07, 6.45) is 0. The van der Waals surface area contributed by atoms with Gasteiger partial charge < -0.3 is 14.8 Å². The number of methoxy groups -OCH3 is 1. The zero-order chi connectivity index (χ0) is 24.1. The Balaban J connectivity index is 2.06. The summed E-state index contributed by atoms with van der Waals surface area (Å²) in [5.74, 6) is -0.362. The van der Waals surface area contributed by atoms with Crippen LogP contribution in [0.4, 0.5) is 14.5 Å². The number of carbonyl (C=O) groups is 1. The van der Waals surface area contributed by atoms with E-state index in [9.17, 15) is 22.0 Å². The Morgan fingerprint density at radius 1 is 1.12 bits per heavy atom. The quantitative estimate of drug-likeness (QED) is 0.549. The van der Waals surface area contributed by atoms with Gasteiger partial charge in [-0.1, -0.05) is 17.7 Å². The van der Waals surface area contributed by atoms with Gasteiger partial charge in [-0.05, 0) is 42.9 Å². The first kappa shape index (κ1) is 25.8. The van der Waals surface area contributed by atoms with Gasteiger partial charge >= 0.3 is 6.61 Å². The molecule has 0 saturated carbocycles. The number of rotatable bonds is 10. The molecule has 2 aromatic rings. The summed E-state index contributed by atoms with van der Waals surface area (Å²) in [6.45, 7) is -2.71. The number of hydrogen-bond acceptors (Lipinski definition) is 6. The number of sulfonamides is 1. The Morgan fingerprint density at radius 2 is 1.81 bits per heavy atom. The van der Waals surface area contributed by atoms with Crippen molar-refractivity contribution in [3.63, 3.8) is 0 Å². The lowest BCUT2D eigenvalue weighted by molar-refractivity contribution is -0.117. The van der Waals surface area contributed by atoms with E-state index in [1.807, 2.05) is 0 Å². The predicted octanol–water partition coefficient (Wildman–Crippen LogP) is 3.27. The van der Waals surface area contributed by atoms with Crippen LogP contribution in [0.5, 0.6) is 11.5 Å². The van der Waals surface area contributed by atoms with Gasteiger partial charge in [0.15, 0.2) is 11.5 Å². The highest BCUT2D eigenvalue weighted by molar-refractivity contribution is 7.89. The SMILES string of the molecule is COc1cc(CN(C)CC(=O)Nc2cc(S(=O)(=O)N(C)C)ccc2Cl)ccc1OC(F)F. The van der Waals surface area contributed by atoms with E-state index in [0.717, 1.165) is 4.31 Å². The Morgan fingerprint density at radius 3 is 2.41 bits per heavy atom. The molecule has 2 rings (SSSR count). The number of carbonyl (C=O) groups excluding carboxylic acids is 1. The van der Waals surface area contributed by atoms with Crippen LogP contribution >= 0.6 is 11.6 Å². The number of halogens is 3. The van der Waals surface area contributed by atoms with E-state index in [1.54, 1.807) is 24.1 Å². The summed E-state index contributed by atoms with van der Waals surface area (Å²) in [7, 11) is 2.13. The second-order valence-electron chi connectivity index (χ2n) is 7.01. The average molecular weight is 492 g/mol. The maximum Gasteiger partial charge on any atom is 0.387 e. The molecule has 1 N–H and O–H groups in total. The maximum absolute atomic E-state index is 12.5. The number of benzene rings is 2. The number of anilines is 1. The van der Waals surface area contributed by atoms with E-state index in [1.165, 1.54) is 45.5 Å². The highest BCUT2D eigenvalue weighted by Gasteiger charge is 2.19. The zero-order valence-electron chi connectivity index (χ0n) is 17.9. The molecular weight excluding hydrogens is 468 g/mol. The molecule has 0 unspecified atom stereocenters. The summed E-state index contributed by atoms with van der Waals surface area (Å²) >= 11 is 6.10. The fraction of sp³-hybridized carbons (Fsp3) is 0.350. The molecule has 8 nitrogen and oxygen atoms in total. The van der Waals surface area contributed by atoms with Crippen molar-refractivity contribution in [2.45, 2.75) is 18.1 Å². The predicted molar refractivity (Wildman–Crippen MR) is 117 cm³/mol. The van der Waals surface area contributed by atoms with Gasteiger partial charge in [-0.15, -0.1) is 0 Å². The molecule has 0 spiro atoms. The molecule has 2 aromatic carbocycles. The van der Waals surface area contributed by atoms with Crippen molar-refractivity contribution in [1.29, 1.82) is 0 Å². The normalized spacial score (nSPS) is 11.8. The molecule has 0 aliphatic carbocycles. The van der Waals surface area contributed by atoms with Gasteiger partial charge in [0, 0.05) is 20.6 Å². The smallest absolute Gasteiger partial charge is 0.387 e. The molecule has 0 radical (unpaired) electrons. The molecule has 0 heterocycles. The fourth-order valence-electron chi connectivity index (χ4n) is 2.78. The second kappa shape index (κ2) is 10.9. The molecule has 0 saturated heterocycles. The van der Waals surface area contributed by atoms with Crippen molar-refractivity contribution in [2.75, 3.05) is 40.1 Å². The van der Waals surface area contributed by atoms with Crippen LogP contribution in [0.2, 0.25) is 5.02 Å². The van der Waals surface area contributed by atoms with Crippen molar-refractivity contribution in [3.8, 4) is 11.5 Å². The standard InChI is InChI=1S/C20H24ClF2N3O5S/c1-25(2)32(28,29)14-6-7-15(21)16(10-14)24-19(27)12-26(3)11-13-5-8-17(31-20(22)23)18(9-13)30-4/h5-10,20H,11-12H2,1-4H3,(H,24,27). The molecule has 0 aliphatic heterocycles. The van der Waals surface area contributed by atoms with Crippen LogP contribution in [0.3, 0.4) is 0 Å². The van der Waals surface area contributed by atoms with Gasteiger partial charge in [0.05, 0.1) is 29.3 Å². The first-order valence-corrected chi connectivity index (χ1v) is 11.1. The molecular formula is C20H24ClF2N3O5S. The number of hydrogen-bond donors (Lipinski definition) is 1. The molecule has 0 bridgehead atoms. The third-order valence-electron chi connectivity index (χ3n) is 4.30. The molecule has 0 aromatic heterocycles. The van der Waals surface area contributed by atoms with Crippen molar-refractivity contribution < 1.29 is 31.5 Å². The van der Waals surface area contributed by atoms with Gasteiger partial charge in [-0.2, -0.15) is 8.78 Å². The van der Waals surface area contributed by atoms with E-state index in [-0.39, 0.29) is 33.6 Å². The van der Waals surface area contributed by atoms with Gasteiger partial charge in [0.25, 0.3) is 0 Å². The Hall–Kier alpha value is -2.47. The van der Waals surface area contributed by atoms with Crippen molar-refractivity contribution in [3.05, 3.63) is 47.0 Å². The van der Waals surface area contributed by atoms with E-state index in [2.05, 4.69) is 10.1 Å². The monoisotopic (exact) mass is 491 g/mol. The lowest BCUT2D eigenvalue weighted by Crippen LogP contribution is -2.30. The fourth-order valence-corrected chi connectivity index (χ4v) is 3.87. The highest BCUT2D eigenvalue weighted by atomic mass is 35.5. The molecule has 176 valence electrons. The van der Waals surface area contributed by atoms with Crippen LogP contribution in [0.1, 0.15) is 5.56 Å². The van der Waals surface area contributed by atoms with E-state index < -0.39 is 22.5 Å². The van der Waals surface area contributed by atoms with Crippen LogP contribution < -0.4 is 14.8 Å². The summed E-state index contributed by atoms with van der Waals surface area (Å²) in [6, 6.07) is 8.54. The van der Waals surface area contributed by atoms with Crippen LogP contribution in [0, 0.1) is 0 Å². The molecule has 0 aliphatic rings. The van der Waals surface area contributed by atoms with Gasteiger partial charge in [0.1, 0.15) is 0 Å². The van der Waals surface area contributed by atoms with Crippen LogP contribution in [-0.4, -0.2) is 64.9 Å². The van der Waals surface area contributed by atoms with Gasteiger partial charge in [-0.25, -0.2) is 12.7 Å². The molecule has 12 heteroatoms. The van der Waals surface area contributed by atoms with Crippen LogP contribution in [0.25, 0.3) is 0 Å². The van der Waals surface area contributed by atoms with Gasteiger partial charge in [-0.3, -0.25) is 9.69 Å². The maximum atomic E-state index is 12.5. The third kappa shape index (κ3) is 6.76. The average Bonchev–Trinajstić information content (AvgIpc) is 2.69. The van der Waals surface area contributed by atoms with Crippen LogP contribution in [0.15, 0.2) is 41.3 Å². The second-order valence-corrected chi connectivity index (χ2v) is 9.57. The van der Waals surface area contributed by atoms with Crippen LogP contribution in [-0.2, 0) is 21.4 Å². The molecule has 32 heavy (non-hydrogen) atoms. The summed E-state index contributed by atoms with van der Waals surface area (Å²) in [5, 5.41) is 2.80. The van der Waals surface area contributed by atoms with Gasteiger partial charge in [0.2, 0.25) is 15.9 Å². The lowest BCUT2D eigenvalue weighted by atomic mass is 10.2. The molecule has 0 atom stereocenters. The summed E-state index contributed by atoms with van der Waals surface area (Å²) in [5.41, 5.74) is 0.874. The Labute approximate surface area is 190 Å². The number of amides is 1. The lowest BCUT2D eigenvalue weighted by Gasteiger charge is -2.18. The minimum absolute atomic E-state index is 0.00578. The van der Waals surface area contributed by atoms with Crippen molar-refractivity contribution in [2.24, 2.45) is 0 Å². The minimum atomic E-state index is -3.69. The number of alkyl halides is 2. The number of nitrogens with one attached hydrogen (secondary N) is 1. The van der Waals surface area contributed by atoms with Crippen molar-refractivity contribution in [1.82, 2.24) is 9.21 Å².